The van der Waals surface area contributed by atoms with Crippen molar-refractivity contribution in [1.82, 2.24) is 5.32 Å². The molecule has 2 aromatic carbocycles. The number of unbranched alkanes of at least 4 members (excludes halogenated alkanes) is 3. The molecule has 7 nitrogen and oxygen atoms in total. The van der Waals surface area contributed by atoms with Crippen LogP contribution in [0.3, 0.4) is 0 Å². The molecular weight excluding hydrogens is 466 g/mol. The molecule has 0 aliphatic rings. The zero-order valence-corrected chi connectivity index (χ0v) is 22.1. The average molecular weight is 508 g/mol. The third-order valence-corrected chi connectivity index (χ3v) is 5.73. The van der Waals surface area contributed by atoms with Gasteiger partial charge in [-0.05, 0) is 61.9 Å². The number of amides is 2. The van der Waals surface area contributed by atoms with Gasteiger partial charge in [0.2, 0.25) is 12.3 Å². The van der Waals surface area contributed by atoms with Crippen molar-refractivity contribution in [2.24, 2.45) is 11.5 Å². The highest BCUT2D eigenvalue weighted by molar-refractivity contribution is 5.95. The van der Waals surface area contributed by atoms with Crippen LogP contribution in [0, 0.1) is 0 Å². The van der Waals surface area contributed by atoms with Crippen molar-refractivity contribution in [3.05, 3.63) is 77.4 Å². The van der Waals surface area contributed by atoms with Crippen molar-refractivity contribution in [2.75, 3.05) is 6.61 Å². The lowest BCUT2D eigenvalue weighted by molar-refractivity contribution is -0.124. The molecule has 1 atom stereocenters. The molecule has 0 aliphatic heterocycles. The van der Waals surface area contributed by atoms with Crippen LogP contribution in [-0.4, -0.2) is 30.7 Å². The largest absolute Gasteiger partial charge is 0.493 e. The minimum atomic E-state index is -0.458. The molecule has 5 N–H and O–H groups in total. The highest BCUT2D eigenvalue weighted by Gasteiger charge is 2.15. The summed E-state index contributed by atoms with van der Waals surface area (Å²) in [4.78, 5) is 33.0. The molecule has 0 aliphatic carbocycles. The number of ether oxygens (including phenoxy) is 1. The number of ketones is 1. The van der Waals surface area contributed by atoms with Gasteiger partial charge in [0.25, 0.3) is 0 Å². The molecule has 0 radical (unpaired) electrons. The Kier molecular flexibility index (Phi) is 15.7. The van der Waals surface area contributed by atoms with Gasteiger partial charge < -0.3 is 21.5 Å². The smallest absolute Gasteiger partial charge is 0.244 e. The van der Waals surface area contributed by atoms with Crippen LogP contribution in [0.2, 0.25) is 0 Å². The minimum Gasteiger partial charge on any atom is -0.493 e. The zero-order valence-electron chi connectivity index (χ0n) is 22.1. The summed E-state index contributed by atoms with van der Waals surface area (Å²) in [5, 5.41) is 2.84. The van der Waals surface area contributed by atoms with E-state index in [1.807, 2.05) is 31.2 Å². The van der Waals surface area contributed by atoms with Gasteiger partial charge in [0.05, 0.1) is 12.6 Å². The lowest BCUT2D eigenvalue weighted by atomic mass is 10.0. The first kappa shape index (κ1) is 31.3. The predicted molar refractivity (Wildman–Crippen MR) is 151 cm³/mol. The Labute approximate surface area is 221 Å². The Balaban J connectivity index is 0.00000217. The molecule has 1 unspecified atom stereocenters. The summed E-state index contributed by atoms with van der Waals surface area (Å²) >= 11 is 0. The van der Waals surface area contributed by atoms with Gasteiger partial charge in [0, 0.05) is 18.2 Å². The normalized spacial score (nSPS) is 11.2. The summed E-state index contributed by atoms with van der Waals surface area (Å²) in [7, 11) is 0. The SMILES string of the molecule is C=Cc1ccc(/C=C/C(=O)NC(CCCCCCc2cccc(CN)c2)C(C)=O)cc1OCC.NC=O. The van der Waals surface area contributed by atoms with E-state index in [2.05, 4.69) is 35.8 Å². The quantitative estimate of drug-likeness (QED) is 0.185. The van der Waals surface area contributed by atoms with Gasteiger partial charge >= 0.3 is 0 Å². The van der Waals surface area contributed by atoms with Crippen LogP contribution in [-0.2, 0) is 27.3 Å². The van der Waals surface area contributed by atoms with E-state index in [1.54, 1.807) is 12.2 Å². The van der Waals surface area contributed by atoms with Crippen LogP contribution in [0.15, 0.2) is 55.1 Å². The Morgan fingerprint density at radius 2 is 1.78 bits per heavy atom. The van der Waals surface area contributed by atoms with Crippen molar-refractivity contribution in [1.29, 1.82) is 0 Å². The van der Waals surface area contributed by atoms with E-state index in [9.17, 15) is 9.59 Å². The van der Waals surface area contributed by atoms with Crippen LogP contribution in [0.4, 0.5) is 0 Å². The van der Waals surface area contributed by atoms with Gasteiger partial charge in [-0.2, -0.15) is 0 Å². The van der Waals surface area contributed by atoms with Gasteiger partial charge in [0.1, 0.15) is 5.75 Å². The molecule has 2 amide bonds. The summed E-state index contributed by atoms with van der Waals surface area (Å²) in [5.41, 5.74) is 14.1. The van der Waals surface area contributed by atoms with Crippen LogP contribution in [0.5, 0.6) is 5.75 Å². The molecule has 2 aromatic rings. The number of nitrogens with one attached hydrogen (secondary N) is 1. The lowest BCUT2D eigenvalue weighted by Crippen LogP contribution is -2.38. The van der Waals surface area contributed by atoms with Crippen molar-refractivity contribution in [3.63, 3.8) is 0 Å². The Morgan fingerprint density at radius 1 is 1.08 bits per heavy atom. The highest BCUT2D eigenvalue weighted by atomic mass is 16.5. The number of rotatable bonds is 15. The van der Waals surface area contributed by atoms with Crippen molar-refractivity contribution < 1.29 is 19.1 Å². The number of Topliss-reactive ketones (excluding diaryl/α,β-unsaturated/α-hetero) is 1. The molecule has 7 heteroatoms. The highest BCUT2D eigenvalue weighted by Crippen LogP contribution is 2.22. The van der Waals surface area contributed by atoms with Gasteiger partial charge in [-0.3, -0.25) is 14.4 Å². The molecule has 0 aromatic heterocycles. The lowest BCUT2D eigenvalue weighted by Gasteiger charge is -2.14. The zero-order chi connectivity index (χ0) is 27.5. The second-order valence-corrected chi connectivity index (χ2v) is 8.55. The van der Waals surface area contributed by atoms with Crippen LogP contribution in [0.25, 0.3) is 12.2 Å². The first-order valence-electron chi connectivity index (χ1n) is 12.7. The fourth-order valence-corrected chi connectivity index (χ4v) is 3.82. The van der Waals surface area contributed by atoms with E-state index in [0.717, 1.165) is 54.5 Å². The number of carbonyl (C=O) groups is 3. The summed E-state index contributed by atoms with van der Waals surface area (Å²) in [6.45, 7) is 8.36. The first-order chi connectivity index (χ1) is 17.9. The monoisotopic (exact) mass is 507 g/mol. The van der Waals surface area contributed by atoms with Gasteiger partial charge in [-0.25, -0.2) is 0 Å². The van der Waals surface area contributed by atoms with E-state index < -0.39 is 6.04 Å². The maximum atomic E-state index is 12.4. The molecule has 37 heavy (non-hydrogen) atoms. The standard InChI is InChI=1S/C29H38N2O3.CH3NO/c1-4-26-17-15-24(20-28(26)34-5-2)16-18-29(33)31-27(22(3)32)14-9-7-6-8-11-23-12-10-13-25(19-23)21-30;2-1-3/h4,10,12-13,15-20,27H,1,5-9,11,14,21,30H2,2-3H3,(H,31,33);1H,(H2,2,3)/b18-16+;. The molecule has 0 bridgehead atoms. The van der Waals surface area contributed by atoms with E-state index >= 15 is 0 Å². The molecule has 0 saturated heterocycles. The van der Waals surface area contributed by atoms with Crippen LogP contribution < -0.4 is 21.5 Å². The molecule has 2 rings (SSSR count). The number of nitrogens with two attached hydrogens (primary N) is 2. The van der Waals surface area contributed by atoms with Crippen LogP contribution in [0.1, 0.15) is 68.2 Å². The van der Waals surface area contributed by atoms with Crippen molar-refractivity contribution in [3.8, 4) is 5.75 Å². The number of benzene rings is 2. The summed E-state index contributed by atoms with van der Waals surface area (Å²) < 4.78 is 5.62. The number of hydrogen-bond acceptors (Lipinski definition) is 5. The van der Waals surface area contributed by atoms with Crippen molar-refractivity contribution >= 4 is 30.3 Å². The fraction of sp³-hybridized carbons (Fsp3) is 0.367. The number of hydrogen-bond donors (Lipinski definition) is 3. The van der Waals surface area contributed by atoms with E-state index in [1.165, 1.54) is 18.6 Å². The second-order valence-electron chi connectivity index (χ2n) is 8.55. The van der Waals surface area contributed by atoms with Crippen molar-refractivity contribution in [2.45, 2.75) is 65.0 Å². The summed E-state index contributed by atoms with van der Waals surface area (Å²) in [5.74, 6) is 0.439. The Morgan fingerprint density at radius 3 is 2.43 bits per heavy atom. The molecule has 0 heterocycles. The summed E-state index contributed by atoms with van der Waals surface area (Å²) in [6, 6.07) is 13.6. The topological polar surface area (TPSA) is 125 Å². The second kappa shape index (κ2) is 18.5. The van der Waals surface area contributed by atoms with E-state index in [-0.39, 0.29) is 18.1 Å². The predicted octanol–water partition coefficient (Wildman–Crippen LogP) is 4.57. The van der Waals surface area contributed by atoms with Gasteiger partial charge in [-0.15, -0.1) is 0 Å². The fourth-order valence-electron chi connectivity index (χ4n) is 3.82. The maximum absolute atomic E-state index is 12.4. The number of aryl methyl sites for hydroxylation is 1. The maximum Gasteiger partial charge on any atom is 0.244 e. The summed E-state index contributed by atoms with van der Waals surface area (Å²) in [6.07, 6.45) is 11.0. The Bertz CT molecular complexity index is 1030. The number of primary amides is 1. The molecule has 0 fully saturated rings. The van der Waals surface area contributed by atoms with E-state index in [4.69, 9.17) is 15.3 Å². The molecule has 0 spiro atoms. The minimum absolute atomic E-state index is 0.0192. The van der Waals surface area contributed by atoms with Gasteiger partial charge in [-0.1, -0.05) is 68.3 Å². The molecular formula is C30H41N3O4. The van der Waals surface area contributed by atoms with Crippen LogP contribution >= 0.6 is 0 Å². The van der Waals surface area contributed by atoms with E-state index in [0.29, 0.717) is 19.6 Å². The molecule has 0 saturated carbocycles. The Hall–Kier alpha value is -3.71. The number of carbonyl (C=O) groups excluding carboxylic acids is 3. The molecule has 200 valence electrons. The third kappa shape index (κ3) is 12.7. The first-order valence-corrected chi connectivity index (χ1v) is 12.7. The average Bonchev–Trinajstić information content (AvgIpc) is 2.89. The third-order valence-electron chi connectivity index (χ3n) is 5.73. The van der Waals surface area contributed by atoms with Gasteiger partial charge in [0.15, 0.2) is 5.78 Å².